The molecule has 0 spiro atoms. The summed E-state index contributed by atoms with van der Waals surface area (Å²) in [5.74, 6) is 0.781. The summed E-state index contributed by atoms with van der Waals surface area (Å²) in [6, 6.07) is 0. The Hall–Kier alpha value is -0.0800. The monoisotopic (exact) mass is 228 g/mol. The molecule has 0 aliphatic carbocycles. The quantitative estimate of drug-likeness (QED) is 0.503. The van der Waals surface area contributed by atoms with Crippen LogP contribution in [0.4, 0.5) is 0 Å². The van der Waals surface area contributed by atoms with Crippen LogP contribution in [0.2, 0.25) is 0 Å². The minimum absolute atomic E-state index is 0.781. The van der Waals surface area contributed by atoms with Crippen LogP contribution < -0.4 is 11.1 Å². The first kappa shape index (κ1) is 15.9. The number of hydrogen-bond donors (Lipinski definition) is 2. The molecule has 16 heavy (non-hydrogen) atoms. The third-order valence-corrected chi connectivity index (χ3v) is 3.10. The molecule has 0 aromatic carbocycles. The maximum Gasteiger partial charge on any atom is -0.00231 e. The van der Waals surface area contributed by atoms with Gasteiger partial charge in [0.15, 0.2) is 0 Å². The number of nitrogens with one attached hydrogen (secondary N) is 1. The highest BCUT2D eigenvalue weighted by Gasteiger charge is 1.99. The number of unbranched alkanes of at least 4 members (excludes halogenated alkanes) is 5. The molecule has 0 saturated heterocycles. The van der Waals surface area contributed by atoms with Crippen molar-refractivity contribution in [2.45, 2.75) is 65.2 Å². The summed E-state index contributed by atoms with van der Waals surface area (Å²) in [5, 5.41) is 3.54. The lowest BCUT2D eigenvalue weighted by molar-refractivity contribution is 0.461. The van der Waals surface area contributed by atoms with Crippen molar-refractivity contribution in [2.24, 2.45) is 11.7 Å². The lowest BCUT2D eigenvalue weighted by Crippen LogP contribution is -2.22. The Kier molecular flexibility index (Phi) is 12.9. The Labute approximate surface area is 102 Å². The van der Waals surface area contributed by atoms with Gasteiger partial charge in [-0.25, -0.2) is 0 Å². The molecule has 0 saturated carbocycles. The molecule has 2 nitrogen and oxygen atoms in total. The van der Waals surface area contributed by atoms with Gasteiger partial charge in [-0.3, -0.25) is 0 Å². The van der Waals surface area contributed by atoms with E-state index in [1.807, 2.05) is 0 Å². The van der Waals surface area contributed by atoms with E-state index in [0.717, 1.165) is 19.0 Å². The molecule has 0 rings (SSSR count). The van der Waals surface area contributed by atoms with Crippen molar-refractivity contribution in [3.05, 3.63) is 0 Å². The first-order chi connectivity index (χ1) is 7.81. The zero-order valence-electron chi connectivity index (χ0n) is 11.4. The van der Waals surface area contributed by atoms with Crippen LogP contribution in [0.3, 0.4) is 0 Å². The van der Waals surface area contributed by atoms with E-state index in [9.17, 15) is 0 Å². The normalized spacial score (nSPS) is 12.9. The lowest BCUT2D eigenvalue weighted by atomic mass is 10.1. The maximum absolute atomic E-state index is 5.49. The molecule has 0 heterocycles. The van der Waals surface area contributed by atoms with E-state index in [2.05, 4.69) is 19.2 Å². The first-order valence-electron chi connectivity index (χ1n) is 7.22. The molecule has 1 unspecified atom stereocenters. The number of hydrogen-bond acceptors (Lipinski definition) is 2. The van der Waals surface area contributed by atoms with Crippen LogP contribution in [0.25, 0.3) is 0 Å². The van der Waals surface area contributed by atoms with Crippen LogP contribution >= 0.6 is 0 Å². The Morgan fingerprint density at radius 3 is 2.38 bits per heavy atom. The van der Waals surface area contributed by atoms with Crippen LogP contribution in [0, 0.1) is 5.92 Å². The maximum atomic E-state index is 5.49. The fourth-order valence-electron chi connectivity index (χ4n) is 1.95. The van der Waals surface area contributed by atoms with Crippen molar-refractivity contribution in [3.63, 3.8) is 0 Å². The minimum atomic E-state index is 0.781. The van der Waals surface area contributed by atoms with E-state index < -0.39 is 0 Å². The largest absolute Gasteiger partial charge is 0.330 e. The van der Waals surface area contributed by atoms with Crippen LogP contribution in [0.1, 0.15) is 65.2 Å². The number of nitrogens with two attached hydrogens (primary N) is 1. The Bertz CT molecular complexity index is 126. The van der Waals surface area contributed by atoms with Crippen molar-refractivity contribution >= 4 is 0 Å². The summed E-state index contributed by atoms with van der Waals surface area (Å²) in [6.45, 7) is 7.77. The Morgan fingerprint density at radius 1 is 1.00 bits per heavy atom. The van der Waals surface area contributed by atoms with Crippen molar-refractivity contribution in [2.75, 3.05) is 19.6 Å². The highest BCUT2D eigenvalue weighted by molar-refractivity contribution is 4.58. The summed E-state index contributed by atoms with van der Waals surface area (Å²) >= 11 is 0. The Morgan fingerprint density at radius 2 is 1.69 bits per heavy atom. The van der Waals surface area contributed by atoms with Gasteiger partial charge in [0.1, 0.15) is 0 Å². The first-order valence-corrected chi connectivity index (χ1v) is 7.22. The Balaban J connectivity index is 3.02. The van der Waals surface area contributed by atoms with E-state index in [1.165, 1.54) is 57.9 Å². The van der Waals surface area contributed by atoms with Gasteiger partial charge in [-0.05, 0) is 44.8 Å². The van der Waals surface area contributed by atoms with Crippen LogP contribution in [0.15, 0.2) is 0 Å². The predicted molar refractivity (Wildman–Crippen MR) is 73.7 cm³/mol. The molecule has 0 aliphatic rings. The molecule has 1 atom stereocenters. The van der Waals surface area contributed by atoms with Gasteiger partial charge >= 0.3 is 0 Å². The summed E-state index contributed by atoms with van der Waals surface area (Å²) in [4.78, 5) is 0. The second kappa shape index (κ2) is 13.0. The average Bonchev–Trinajstić information content (AvgIpc) is 2.30. The molecular formula is C14H32N2. The van der Waals surface area contributed by atoms with Crippen molar-refractivity contribution in [1.29, 1.82) is 0 Å². The smallest absolute Gasteiger partial charge is 0.00231 e. The fraction of sp³-hybridized carbons (Fsp3) is 1.00. The van der Waals surface area contributed by atoms with E-state index >= 15 is 0 Å². The summed E-state index contributed by atoms with van der Waals surface area (Å²) in [5.41, 5.74) is 5.49. The lowest BCUT2D eigenvalue weighted by Gasteiger charge is -2.11. The van der Waals surface area contributed by atoms with Gasteiger partial charge in [0.05, 0.1) is 0 Å². The molecule has 0 aromatic rings. The standard InChI is InChI=1S/C14H32N2/c1-3-4-5-6-7-8-12-16-13-14(2)10-9-11-15/h14,16H,3-13,15H2,1-2H3. The van der Waals surface area contributed by atoms with Gasteiger partial charge in [-0.1, -0.05) is 46.0 Å². The zero-order chi connectivity index (χ0) is 12.1. The molecule has 0 fully saturated rings. The molecular weight excluding hydrogens is 196 g/mol. The number of rotatable bonds is 12. The predicted octanol–water partition coefficient (Wildman–Crippen LogP) is 3.31. The summed E-state index contributed by atoms with van der Waals surface area (Å²) in [6.07, 6.45) is 10.7. The molecule has 0 radical (unpaired) electrons. The summed E-state index contributed by atoms with van der Waals surface area (Å²) in [7, 11) is 0. The van der Waals surface area contributed by atoms with Gasteiger partial charge in [0.25, 0.3) is 0 Å². The summed E-state index contributed by atoms with van der Waals surface area (Å²) < 4.78 is 0. The van der Waals surface area contributed by atoms with Gasteiger partial charge in [-0.2, -0.15) is 0 Å². The van der Waals surface area contributed by atoms with Gasteiger partial charge in [0, 0.05) is 0 Å². The second-order valence-electron chi connectivity index (χ2n) is 5.01. The molecule has 0 aromatic heterocycles. The molecule has 0 aliphatic heterocycles. The second-order valence-corrected chi connectivity index (χ2v) is 5.01. The third kappa shape index (κ3) is 12.0. The average molecular weight is 228 g/mol. The minimum Gasteiger partial charge on any atom is -0.330 e. The van der Waals surface area contributed by atoms with Crippen molar-refractivity contribution < 1.29 is 0 Å². The molecule has 0 amide bonds. The molecule has 98 valence electrons. The SMILES string of the molecule is CCCCCCCCNCC(C)CCCN. The van der Waals surface area contributed by atoms with E-state index in [1.54, 1.807) is 0 Å². The molecule has 3 N–H and O–H groups in total. The van der Waals surface area contributed by atoms with Crippen LogP contribution in [-0.2, 0) is 0 Å². The molecule has 2 heteroatoms. The van der Waals surface area contributed by atoms with E-state index in [0.29, 0.717) is 0 Å². The van der Waals surface area contributed by atoms with Crippen LogP contribution in [-0.4, -0.2) is 19.6 Å². The zero-order valence-corrected chi connectivity index (χ0v) is 11.4. The fourth-order valence-corrected chi connectivity index (χ4v) is 1.95. The van der Waals surface area contributed by atoms with Gasteiger partial charge in [-0.15, -0.1) is 0 Å². The molecule has 0 bridgehead atoms. The van der Waals surface area contributed by atoms with Crippen molar-refractivity contribution in [3.8, 4) is 0 Å². The highest BCUT2D eigenvalue weighted by Crippen LogP contribution is 2.05. The van der Waals surface area contributed by atoms with Crippen LogP contribution in [0.5, 0.6) is 0 Å². The van der Waals surface area contributed by atoms with Gasteiger partial charge < -0.3 is 11.1 Å². The topological polar surface area (TPSA) is 38.0 Å². The van der Waals surface area contributed by atoms with Crippen molar-refractivity contribution in [1.82, 2.24) is 5.32 Å². The highest BCUT2D eigenvalue weighted by atomic mass is 14.8. The van der Waals surface area contributed by atoms with E-state index in [-0.39, 0.29) is 0 Å². The van der Waals surface area contributed by atoms with E-state index in [4.69, 9.17) is 5.73 Å². The van der Waals surface area contributed by atoms with Gasteiger partial charge in [0.2, 0.25) is 0 Å². The third-order valence-electron chi connectivity index (χ3n) is 3.10.